The van der Waals surface area contributed by atoms with E-state index in [1.54, 1.807) is 0 Å². The van der Waals surface area contributed by atoms with Crippen molar-refractivity contribution in [2.24, 2.45) is 23.2 Å². The summed E-state index contributed by atoms with van der Waals surface area (Å²) >= 11 is 0. The van der Waals surface area contributed by atoms with Crippen LogP contribution in [0.3, 0.4) is 0 Å². The average molecular weight is 286 g/mol. The Balaban J connectivity index is 1.76. The lowest BCUT2D eigenvalue weighted by Gasteiger charge is -2.53. The Labute approximate surface area is 127 Å². The zero-order valence-electron chi connectivity index (χ0n) is 13.0. The number of hydrogen-bond acceptors (Lipinski definition) is 2. The first-order valence-electron chi connectivity index (χ1n) is 8.50. The Morgan fingerprint density at radius 2 is 2.00 bits per heavy atom. The van der Waals surface area contributed by atoms with Crippen LogP contribution in [0, 0.1) is 23.2 Å². The number of fused-ring (bicyclic) bond motifs is 5. The predicted octanol–water partition coefficient (Wildman–Crippen LogP) is 3.86. The Hall–Kier alpha value is -1.02. The van der Waals surface area contributed by atoms with Gasteiger partial charge in [0.05, 0.1) is 6.10 Å². The molecule has 4 unspecified atom stereocenters. The molecule has 2 nitrogen and oxygen atoms in total. The van der Waals surface area contributed by atoms with Crippen molar-refractivity contribution < 1.29 is 10.2 Å². The van der Waals surface area contributed by atoms with Gasteiger partial charge in [0.25, 0.3) is 0 Å². The van der Waals surface area contributed by atoms with Crippen LogP contribution in [0.1, 0.15) is 56.6 Å². The van der Waals surface area contributed by atoms with Crippen molar-refractivity contribution in [1.82, 2.24) is 0 Å². The van der Waals surface area contributed by atoms with E-state index < -0.39 is 0 Å². The van der Waals surface area contributed by atoms with Gasteiger partial charge in [-0.3, -0.25) is 0 Å². The van der Waals surface area contributed by atoms with Crippen molar-refractivity contribution in [3.63, 3.8) is 0 Å². The number of phenolic OH excluding ortho intramolecular Hbond substituents is 1. The van der Waals surface area contributed by atoms with Crippen LogP contribution in [-0.4, -0.2) is 16.3 Å². The summed E-state index contributed by atoms with van der Waals surface area (Å²) in [6.45, 7) is 4.69. The molecule has 0 saturated heterocycles. The molecule has 6 atom stereocenters. The summed E-state index contributed by atoms with van der Waals surface area (Å²) in [7, 11) is 0. The summed E-state index contributed by atoms with van der Waals surface area (Å²) in [6.07, 6.45) is 5.52. The topological polar surface area (TPSA) is 40.5 Å². The summed E-state index contributed by atoms with van der Waals surface area (Å²) in [4.78, 5) is 0. The average Bonchev–Trinajstić information content (AvgIpc) is 2.74. The van der Waals surface area contributed by atoms with Gasteiger partial charge < -0.3 is 10.2 Å². The Bertz CT molecular complexity index is 567. The molecule has 0 bridgehead atoms. The van der Waals surface area contributed by atoms with Gasteiger partial charge in [0.15, 0.2) is 0 Å². The van der Waals surface area contributed by atoms with Crippen LogP contribution in [-0.2, 0) is 6.42 Å². The number of aliphatic hydroxyl groups is 1. The van der Waals surface area contributed by atoms with E-state index >= 15 is 0 Å². The molecule has 0 heterocycles. The van der Waals surface area contributed by atoms with Gasteiger partial charge in [0, 0.05) is 0 Å². The molecule has 3 aliphatic carbocycles. The third kappa shape index (κ3) is 1.81. The van der Waals surface area contributed by atoms with Crippen molar-refractivity contribution >= 4 is 0 Å². The molecular formula is C19H26O2. The van der Waals surface area contributed by atoms with E-state index in [9.17, 15) is 10.2 Å². The van der Waals surface area contributed by atoms with Crippen molar-refractivity contribution in [2.45, 2.75) is 58.0 Å². The maximum atomic E-state index is 10.5. The first-order chi connectivity index (χ1) is 10.0. The smallest absolute Gasteiger partial charge is 0.115 e. The maximum Gasteiger partial charge on any atom is 0.115 e. The molecule has 3 aliphatic rings. The van der Waals surface area contributed by atoms with Crippen LogP contribution in [0.5, 0.6) is 5.75 Å². The molecule has 0 spiro atoms. The minimum atomic E-state index is -0.105. The quantitative estimate of drug-likeness (QED) is 0.760. The van der Waals surface area contributed by atoms with Crippen molar-refractivity contribution in [3.8, 4) is 5.75 Å². The van der Waals surface area contributed by atoms with Gasteiger partial charge in [-0.25, -0.2) is 0 Å². The summed E-state index contributed by atoms with van der Waals surface area (Å²) < 4.78 is 0. The highest BCUT2D eigenvalue weighted by molar-refractivity contribution is 5.40. The largest absolute Gasteiger partial charge is 0.508 e. The van der Waals surface area contributed by atoms with E-state index in [1.165, 1.54) is 24.0 Å². The predicted molar refractivity (Wildman–Crippen MR) is 83.3 cm³/mol. The van der Waals surface area contributed by atoms with Gasteiger partial charge in [-0.2, -0.15) is 0 Å². The third-order valence-corrected chi connectivity index (χ3v) is 6.95. The molecular weight excluding hydrogens is 260 g/mol. The fourth-order valence-electron chi connectivity index (χ4n) is 6.10. The molecule has 2 fully saturated rings. The van der Waals surface area contributed by atoms with Gasteiger partial charge in [-0.1, -0.05) is 19.9 Å². The van der Waals surface area contributed by atoms with E-state index in [2.05, 4.69) is 19.9 Å². The van der Waals surface area contributed by atoms with E-state index in [-0.39, 0.29) is 11.5 Å². The monoisotopic (exact) mass is 286 g/mol. The summed E-state index contributed by atoms with van der Waals surface area (Å²) in [5.41, 5.74) is 2.96. The fraction of sp³-hybridized carbons (Fsp3) is 0.684. The fourth-order valence-corrected chi connectivity index (χ4v) is 6.10. The Kier molecular flexibility index (Phi) is 2.91. The maximum absolute atomic E-state index is 10.5. The molecule has 2 heteroatoms. The summed E-state index contributed by atoms with van der Waals surface area (Å²) in [6, 6.07) is 5.98. The van der Waals surface area contributed by atoms with Crippen LogP contribution >= 0.6 is 0 Å². The highest BCUT2D eigenvalue weighted by Crippen LogP contribution is 2.62. The Morgan fingerprint density at radius 3 is 2.81 bits per heavy atom. The van der Waals surface area contributed by atoms with Crippen LogP contribution in [0.2, 0.25) is 0 Å². The number of aryl methyl sites for hydroxylation is 1. The first kappa shape index (κ1) is 13.6. The number of rotatable bonds is 0. The molecule has 0 radical (unpaired) electrons. The van der Waals surface area contributed by atoms with Gasteiger partial charge in [-0.15, -0.1) is 0 Å². The van der Waals surface area contributed by atoms with Crippen LogP contribution in [0.15, 0.2) is 18.2 Å². The highest BCUT2D eigenvalue weighted by Gasteiger charge is 2.56. The minimum Gasteiger partial charge on any atom is -0.508 e. The lowest BCUT2D eigenvalue weighted by Crippen LogP contribution is -2.47. The minimum absolute atomic E-state index is 0.105. The van der Waals surface area contributed by atoms with E-state index in [0.29, 0.717) is 29.4 Å². The van der Waals surface area contributed by atoms with Crippen molar-refractivity contribution in [1.29, 1.82) is 0 Å². The lowest BCUT2D eigenvalue weighted by atomic mass is 9.52. The third-order valence-electron chi connectivity index (χ3n) is 6.95. The molecule has 0 amide bonds. The molecule has 4 rings (SSSR count). The zero-order chi connectivity index (χ0) is 14.8. The lowest BCUT2D eigenvalue weighted by molar-refractivity contribution is -0.0441. The first-order valence-corrected chi connectivity index (χ1v) is 8.50. The number of hydrogen-bond donors (Lipinski definition) is 2. The molecule has 1 aromatic carbocycles. The summed E-state index contributed by atoms with van der Waals surface area (Å²) in [5.74, 6) is 3.03. The molecule has 1 aromatic rings. The van der Waals surface area contributed by atoms with E-state index in [0.717, 1.165) is 19.3 Å². The van der Waals surface area contributed by atoms with E-state index in [4.69, 9.17) is 0 Å². The Morgan fingerprint density at radius 1 is 1.19 bits per heavy atom. The second-order valence-corrected chi connectivity index (χ2v) is 8.00. The highest BCUT2D eigenvalue weighted by atomic mass is 16.3. The SMILES string of the molecule is C[C@H]1CC2(C)C(CC[C@@H]2O)C2CCc3cc(O)ccc3C21. The molecule has 0 aromatic heterocycles. The standard InChI is InChI=1S/C19H26O2/c1-11-10-19(2)16(7-8-17(19)21)15-5-3-12-9-13(20)4-6-14(12)18(11)15/h4,6,9,11,15-18,20-21H,3,5,7-8,10H2,1-2H3/t11-,15?,16?,17-,18?,19?/m0/s1. The molecule has 2 saturated carbocycles. The molecule has 21 heavy (non-hydrogen) atoms. The van der Waals surface area contributed by atoms with Crippen LogP contribution < -0.4 is 0 Å². The van der Waals surface area contributed by atoms with E-state index in [1.807, 2.05) is 12.1 Å². The number of aromatic hydroxyl groups is 1. The van der Waals surface area contributed by atoms with Gasteiger partial charge in [-0.05, 0) is 84.5 Å². The molecule has 0 aliphatic heterocycles. The van der Waals surface area contributed by atoms with Gasteiger partial charge in [0.2, 0.25) is 0 Å². The number of aliphatic hydroxyl groups excluding tert-OH is 1. The zero-order valence-corrected chi connectivity index (χ0v) is 13.0. The molecule has 2 N–H and O–H groups in total. The van der Waals surface area contributed by atoms with Crippen molar-refractivity contribution in [3.05, 3.63) is 29.3 Å². The van der Waals surface area contributed by atoms with Gasteiger partial charge in [0.1, 0.15) is 5.75 Å². The van der Waals surface area contributed by atoms with Crippen LogP contribution in [0.4, 0.5) is 0 Å². The second kappa shape index (κ2) is 4.49. The summed E-state index contributed by atoms with van der Waals surface area (Å²) in [5, 5.41) is 20.2. The number of phenols is 1. The van der Waals surface area contributed by atoms with Crippen molar-refractivity contribution in [2.75, 3.05) is 0 Å². The second-order valence-electron chi connectivity index (χ2n) is 8.00. The normalized spacial score (nSPS) is 44.8. The molecule has 114 valence electrons. The number of benzene rings is 1. The van der Waals surface area contributed by atoms with Gasteiger partial charge >= 0.3 is 0 Å². The van der Waals surface area contributed by atoms with Crippen LogP contribution in [0.25, 0.3) is 0 Å².